The predicted molar refractivity (Wildman–Crippen MR) is 78.0 cm³/mol. The van der Waals surface area contributed by atoms with Crippen LogP contribution < -0.4 is 5.32 Å². The molecule has 3 heteroatoms. The molecule has 1 heterocycles. The number of hydrogen-bond donors (Lipinski definition) is 1. The molecule has 0 aromatic carbocycles. The van der Waals surface area contributed by atoms with Gasteiger partial charge in [-0.25, -0.2) is 0 Å². The van der Waals surface area contributed by atoms with E-state index in [-0.39, 0.29) is 0 Å². The molecular formula is C15H32N2O. The summed E-state index contributed by atoms with van der Waals surface area (Å²) in [6.07, 6.45) is 6.45. The van der Waals surface area contributed by atoms with Gasteiger partial charge in [0.15, 0.2) is 0 Å². The Morgan fingerprint density at radius 2 is 1.89 bits per heavy atom. The number of unbranched alkanes of at least 4 members (excludes halogenated alkanes) is 2. The molecule has 0 spiro atoms. The largest absolute Gasteiger partial charge is 0.381 e. The van der Waals surface area contributed by atoms with Gasteiger partial charge in [-0.05, 0) is 39.4 Å². The molecule has 18 heavy (non-hydrogen) atoms. The Morgan fingerprint density at radius 1 is 1.22 bits per heavy atom. The Hall–Kier alpha value is -0.120. The SMILES string of the molecule is CCCCN(CCCC)CC(NC)C1CCOC1. The molecule has 0 saturated carbocycles. The van der Waals surface area contributed by atoms with E-state index in [0.717, 1.165) is 13.2 Å². The lowest BCUT2D eigenvalue weighted by molar-refractivity contribution is 0.161. The fourth-order valence-corrected chi connectivity index (χ4v) is 2.68. The van der Waals surface area contributed by atoms with Crippen LogP contribution in [0.25, 0.3) is 0 Å². The maximum atomic E-state index is 5.53. The first-order valence-corrected chi connectivity index (χ1v) is 7.79. The van der Waals surface area contributed by atoms with E-state index in [1.54, 1.807) is 0 Å². The van der Waals surface area contributed by atoms with Gasteiger partial charge in [0, 0.05) is 25.1 Å². The van der Waals surface area contributed by atoms with Crippen molar-refractivity contribution in [3.8, 4) is 0 Å². The quantitative estimate of drug-likeness (QED) is 0.650. The standard InChI is InChI=1S/C15H32N2O/c1-4-6-9-17(10-7-5-2)12-15(16-3)14-8-11-18-13-14/h14-16H,4-13H2,1-3H3. The van der Waals surface area contributed by atoms with E-state index in [4.69, 9.17) is 4.74 Å². The second-order valence-corrected chi connectivity index (χ2v) is 5.53. The third kappa shape index (κ3) is 5.68. The minimum atomic E-state index is 0.598. The fraction of sp³-hybridized carbons (Fsp3) is 1.00. The third-order valence-electron chi connectivity index (χ3n) is 4.02. The molecule has 2 atom stereocenters. The van der Waals surface area contributed by atoms with Crippen LogP contribution in [-0.2, 0) is 4.74 Å². The van der Waals surface area contributed by atoms with Crippen molar-refractivity contribution in [2.75, 3.05) is 39.9 Å². The second-order valence-electron chi connectivity index (χ2n) is 5.53. The van der Waals surface area contributed by atoms with Crippen LogP contribution >= 0.6 is 0 Å². The van der Waals surface area contributed by atoms with Gasteiger partial charge in [-0.2, -0.15) is 0 Å². The van der Waals surface area contributed by atoms with Crippen LogP contribution in [0.15, 0.2) is 0 Å². The summed E-state index contributed by atoms with van der Waals surface area (Å²) >= 11 is 0. The van der Waals surface area contributed by atoms with Crippen molar-refractivity contribution in [1.82, 2.24) is 10.2 Å². The van der Waals surface area contributed by atoms with E-state index in [1.165, 1.54) is 51.7 Å². The average Bonchev–Trinajstić information content (AvgIpc) is 2.92. The lowest BCUT2D eigenvalue weighted by atomic mass is 9.98. The molecule has 2 unspecified atom stereocenters. The number of likely N-dealkylation sites (N-methyl/N-ethyl adjacent to an activating group) is 1. The zero-order valence-corrected chi connectivity index (χ0v) is 12.6. The van der Waals surface area contributed by atoms with Gasteiger partial charge in [0.1, 0.15) is 0 Å². The highest BCUT2D eigenvalue weighted by Crippen LogP contribution is 2.17. The Labute approximate surface area is 113 Å². The number of ether oxygens (including phenoxy) is 1. The molecule has 1 N–H and O–H groups in total. The number of nitrogens with zero attached hydrogens (tertiary/aromatic N) is 1. The molecule has 3 nitrogen and oxygen atoms in total. The third-order valence-corrected chi connectivity index (χ3v) is 4.02. The Kier molecular flexibility index (Phi) is 8.64. The van der Waals surface area contributed by atoms with Crippen LogP contribution in [0.5, 0.6) is 0 Å². The minimum Gasteiger partial charge on any atom is -0.381 e. The molecule has 0 amide bonds. The molecule has 1 fully saturated rings. The topological polar surface area (TPSA) is 24.5 Å². The Morgan fingerprint density at radius 3 is 2.33 bits per heavy atom. The summed E-state index contributed by atoms with van der Waals surface area (Å²) in [7, 11) is 2.10. The van der Waals surface area contributed by atoms with E-state index < -0.39 is 0 Å². The van der Waals surface area contributed by atoms with E-state index in [9.17, 15) is 0 Å². The fourth-order valence-electron chi connectivity index (χ4n) is 2.68. The van der Waals surface area contributed by atoms with E-state index in [0.29, 0.717) is 12.0 Å². The van der Waals surface area contributed by atoms with Crippen LogP contribution in [-0.4, -0.2) is 50.8 Å². The number of rotatable bonds is 10. The van der Waals surface area contributed by atoms with Gasteiger partial charge in [-0.15, -0.1) is 0 Å². The van der Waals surface area contributed by atoms with Gasteiger partial charge < -0.3 is 15.0 Å². The maximum Gasteiger partial charge on any atom is 0.0510 e. The van der Waals surface area contributed by atoms with Gasteiger partial charge in [0.2, 0.25) is 0 Å². The molecule has 1 rings (SSSR count). The summed E-state index contributed by atoms with van der Waals surface area (Å²) in [5, 5.41) is 3.51. The number of hydrogen-bond acceptors (Lipinski definition) is 3. The first-order valence-electron chi connectivity index (χ1n) is 7.79. The maximum absolute atomic E-state index is 5.53. The van der Waals surface area contributed by atoms with Crippen LogP contribution in [0.4, 0.5) is 0 Å². The highest BCUT2D eigenvalue weighted by molar-refractivity contribution is 4.81. The van der Waals surface area contributed by atoms with Crippen LogP contribution in [0.3, 0.4) is 0 Å². The molecular weight excluding hydrogens is 224 g/mol. The van der Waals surface area contributed by atoms with Crippen molar-refractivity contribution in [2.45, 2.75) is 52.0 Å². The Balaban J connectivity index is 2.38. The number of nitrogens with one attached hydrogen (secondary N) is 1. The first kappa shape index (κ1) is 15.9. The molecule has 0 aromatic rings. The molecule has 1 aliphatic rings. The zero-order chi connectivity index (χ0) is 13.2. The Bertz CT molecular complexity index is 185. The van der Waals surface area contributed by atoms with Gasteiger partial charge in [-0.1, -0.05) is 26.7 Å². The summed E-state index contributed by atoms with van der Waals surface area (Å²) in [5.74, 6) is 0.709. The summed E-state index contributed by atoms with van der Waals surface area (Å²) in [6.45, 7) is 10.1. The molecule has 0 aromatic heterocycles. The van der Waals surface area contributed by atoms with Crippen LogP contribution in [0.2, 0.25) is 0 Å². The monoisotopic (exact) mass is 256 g/mol. The van der Waals surface area contributed by atoms with Gasteiger partial charge in [-0.3, -0.25) is 0 Å². The highest BCUT2D eigenvalue weighted by Gasteiger charge is 2.25. The molecule has 108 valence electrons. The smallest absolute Gasteiger partial charge is 0.0510 e. The molecule has 0 bridgehead atoms. The lowest BCUT2D eigenvalue weighted by Crippen LogP contribution is -2.45. The highest BCUT2D eigenvalue weighted by atomic mass is 16.5. The minimum absolute atomic E-state index is 0.598. The average molecular weight is 256 g/mol. The van der Waals surface area contributed by atoms with Gasteiger partial charge in [0.25, 0.3) is 0 Å². The second kappa shape index (κ2) is 9.76. The molecule has 1 saturated heterocycles. The molecule has 0 aliphatic carbocycles. The van der Waals surface area contributed by atoms with Gasteiger partial charge in [0.05, 0.1) is 6.61 Å². The van der Waals surface area contributed by atoms with Crippen molar-refractivity contribution in [1.29, 1.82) is 0 Å². The lowest BCUT2D eigenvalue weighted by Gasteiger charge is -2.30. The molecule has 0 radical (unpaired) electrons. The zero-order valence-electron chi connectivity index (χ0n) is 12.6. The van der Waals surface area contributed by atoms with E-state index >= 15 is 0 Å². The van der Waals surface area contributed by atoms with Crippen LogP contribution in [0.1, 0.15) is 46.0 Å². The van der Waals surface area contributed by atoms with Crippen molar-refractivity contribution >= 4 is 0 Å². The van der Waals surface area contributed by atoms with E-state index in [1.807, 2.05) is 0 Å². The van der Waals surface area contributed by atoms with Crippen molar-refractivity contribution in [3.63, 3.8) is 0 Å². The summed E-state index contributed by atoms with van der Waals surface area (Å²) in [5.41, 5.74) is 0. The summed E-state index contributed by atoms with van der Waals surface area (Å²) in [6, 6.07) is 0.598. The predicted octanol–water partition coefficient (Wildman–Crippen LogP) is 2.51. The first-order chi connectivity index (χ1) is 8.81. The molecule has 1 aliphatic heterocycles. The summed E-state index contributed by atoms with van der Waals surface area (Å²) in [4.78, 5) is 2.65. The van der Waals surface area contributed by atoms with Crippen molar-refractivity contribution < 1.29 is 4.74 Å². The van der Waals surface area contributed by atoms with Gasteiger partial charge >= 0.3 is 0 Å². The van der Waals surface area contributed by atoms with Crippen molar-refractivity contribution in [3.05, 3.63) is 0 Å². The van der Waals surface area contributed by atoms with Crippen molar-refractivity contribution in [2.24, 2.45) is 5.92 Å². The normalized spacial score (nSPS) is 21.7. The van der Waals surface area contributed by atoms with E-state index in [2.05, 4.69) is 31.1 Å². The summed E-state index contributed by atoms with van der Waals surface area (Å²) < 4.78 is 5.53. The van der Waals surface area contributed by atoms with Crippen LogP contribution in [0, 0.1) is 5.92 Å².